The van der Waals surface area contributed by atoms with E-state index in [0.29, 0.717) is 0 Å². The minimum Gasteiger partial charge on any atom is -0.461 e. The molecule has 9 nitrogen and oxygen atoms in total. The lowest BCUT2D eigenvalue weighted by Gasteiger charge is -2.30. The minimum atomic E-state index is -4.28. The Hall–Kier alpha value is -3.11. The lowest BCUT2D eigenvalue weighted by Crippen LogP contribution is -2.39. The van der Waals surface area contributed by atoms with Crippen LogP contribution in [0.15, 0.2) is 54.6 Å². The fourth-order valence-electron chi connectivity index (χ4n) is 3.52. The first-order valence-corrected chi connectivity index (χ1v) is 12.3. The molecule has 1 fully saturated rings. The Morgan fingerprint density at radius 2 is 1.57 bits per heavy atom. The van der Waals surface area contributed by atoms with Gasteiger partial charge in [0.2, 0.25) is 0 Å². The third-order valence-electron chi connectivity index (χ3n) is 5.37. The zero-order chi connectivity index (χ0) is 25.6. The number of carbonyl (C=O) groups excluding carboxylic acids is 1. The molecule has 13 heteroatoms. The van der Waals surface area contributed by atoms with Gasteiger partial charge in [-0.3, -0.25) is 14.9 Å². The Labute approximate surface area is 199 Å². The topological polar surface area (TPSA) is 117 Å². The standard InChI is InChI=1S/C22H24F3N2O7P/c1-15(21(28)32-18-11-7-16(8-12-18)22(23,24)25)26-35(31,33-19-5-3-2-4-6-19)34-20-13-9-17(10-14-20)27(29)30/h2-6,9-10,13-16,18H,7-8,11-12H2,1H3,(H,26,31)/t15-,16-,18+,35?/m0/s1. The molecular weight excluding hydrogens is 492 g/mol. The Morgan fingerprint density at radius 3 is 2.09 bits per heavy atom. The number of rotatable bonds is 9. The van der Waals surface area contributed by atoms with Gasteiger partial charge >= 0.3 is 19.9 Å². The number of hydrogen-bond donors (Lipinski definition) is 1. The number of alkyl halides is 3. The lowest BCUT2D eigenvalue weighted by molar-refractivity contribution is -0.384. The molecule has 2 aromatic carbocycles. The molecule has 3 rings (SSSR count). The smallest absolute Gasteiger partial charge is 0.461 e. The fraction of sp³-hybridized carbons (Fsp3) is 0.409. The third kappa shape index (κ3) is 7.69. The van der Waals surface area contributed by atoms with Gasteiger partial charge < -0.3 is 13.8 Å². The number of non-ortho nitro benzene ring substituents is 1. The quantitative estimate of drug-likeness (QED) is 0.192. The van der Waals surface area contributed by atoms with Crippen LogP contribution in [0.5, 0.6) is 11.5 Å². The number of nitrogens with zero attached hydrogens (tertiary/aromatic N) is 1. The Bertz CT molecular complexity index is 1060. The van der Waals surface area contributed by atoms with Crippen molar-refractivity contribution in [1.82, 2.24) is 5.09 Å². The second-order valence-electron chi connectivity index (χ2n) is 8.05. The molecule has 190 valence electrons. The van der Waals surface area contributed by atoms with Crippen LogP contribution in [0.1, 0.15) is 32.6 Å². The minimum absolute atomic E-state index is 0.0200. The highest BCUT2D eigenvalue weighted by atomic mass is 31.2. The van der Waals surface area contributed by atoms with Crippen molar-refractivity contribution in [2.75, 3.05) is 0 Å². The number of nitrogens with one attached hydrogen (secondary N) is 1. The van der Waals surface area contributed by atoms with Crippen LogP contribution in [0.2, 0.25) is 0 Å². The predicted octanol–water partition coefficient (Wildman–Crippen LogP) is 5.80. The van der Waals surface area contributed by atoms with Crippen molar-refractivity contribution in [3.8, 4) is 11.5 Å². The van der Waals surface area contributed by atoms with Crippen molar-refractivity contribution in [2.24, 2.45) is 5.92 Å². The van der Waals surface area contributed by atoms with Crippen molar-refractivity contribution < 1.29 is 41.2 Å². The van der Waals surface area contributed by atoms with Crippen LogP contribution < -0.4 is 14.1 Å². The zero-order valence-electron chi connectivity index (χ0n) is 18.6. The summed E-state index contributed by atoms with van der Waals surface area (Å²) in [7, 11) is -4.27. The molecule has 1 N–H and O–H groups in total. The van der Waals surface area contributed by atoms with E-state index in [2.05, 4.69) is 5.09 Å². The highest BCUT2D eigenvalue weighted by Crippen LogP contribution is 2.45. The SMILES string of the molecule is C[C@H](NP(=O)(Oc1ccccc1)Oc1ccc([N+](=O)[O-])cc1)C(=O)O[C@H]1CC[C@@H](C(F)(F)F)CC1. The van der Waals surface area contributed by atoms with E-state index >= 15 is 0 Å². The highest BCUT2D eigenvalue weighted by molar-refractivity contribution is 7.52. The van der Waals surface area contributed by atoms with Gasteiger partial charge in [-0.2, -0.15) is 18.3 Å². The maximum Gasteiger partial charge on any atom is 0.513 e. The summed E-state index contributed by atoms with van der Waals surface area (Å²) in [5.74, 6) is -2.10. The number of hydrogen-bond acceptors (Lipinski definition) is 7. The van der Waals surface area contributed by atoms with Gasteiger partial charge in [-0.1, -0.05) is 18.2 Å². The number of halogens is 3. The molecule has 2 atom stereocenters. The summed E-state index contributed by atoms with van der Waals surface area (Å²) in [6.45, 7) is 1.35. The van der Waals surface area contributed by atoms with Gasteiger partial charge in [0.05, 0.1) is 10.8 Å². The molecule has 0 spiro atoms. The van der Waals surface area contributed by atoms with Crippen molar-refractivity contribution >= 4 is 19.4 Å². The Kier molecular flexibility index (Phi) is 8.39. The summed E-state index contributed by atoms with van der Waals surface area (Å²) in [4.78, 5) is 22.8. The molecule has 1 aliphatic rings. The summed E-state index contributed by atoms with van der Waals surface area (Å²) in [6, 6.07) is 11.5. The van der Waals surface area contributed by atoms with E-state index in [1.807, 2.05) is 0 Å². The first-order valence-electron chi connectivity index (χ1n) is 10.8. The largest absolute Gasteiger partial charge is 0.513 e. The number of ether oxygens (including phenoxy) is 1. The molecular formula is C22H24F3N2O7P. The van der Waals surface area contributed by atoms with Crippen molar-refractivity contribution in [3.63, 3.8) is 0 Å². The Balaban J connectivity index is 1.67. The number of benzene rings is 2. The molecule has 2 aromatic rings. The van der Waals surface area contributed by atoms with Crippen molar-refractivity contribution in [3.05, 3.63) is 64.7 Å². The molecule has 0 radical (unpaired) electrons. The summed E-state index contributed by atoms with van der Waals surface area (Å²) >= 11 is 0. The molecule has 0 amide bonds. The van der Waals surface area contributed by atoms with Crippen molar-refractivity contribution in [2.45, 2.75) is 50.9 Å². The maximum absolute atomic E-state index is 13.5. The average molecular weight is 516 g/mol. The van der Waals surface area contributed by atoms with E-state index in [9.17, 15) is 32.6 Å². The first kappa shape index (κ1) is 26.5. The summed E-state index contributed by atoms with van der Waals surface area (Å²) in [6.07, 6.45) is -5.10. The van der Waals surface area contributed by atoms with Gasteiger partial charge in [-0.05, 0) is 56.9 Å². The van der Waals surface area contributed by atoms with E-state index in [-0.39, 0.29) is 42.9 Å². The van der Waals surface area contributed by atoms with Crippen LogP contribution in [0, 0.1) is 16.0 Å². The van der Waals surface area contributed by atoms with E-state index < -0.39 is 42.9 Å². The van der Waals surface area contributed by atoms with Crippen LogP contribution in [-0.2, 0) is 14.1 Å². The highest BCUT2D eigenvalue weighted by Gasteiger charge is 2.42. The van der Waals surface area contributed by atoms with Gasteiger partial charge in [0, 0.05) is 12.1 Å². The summed E-state index contributed by atoms with van der Waals surface area (Å²) < 4.78 is 68.4. The zero-order valence-corrected chi connectivity index (χ0v) is 19.5. The molecule has 1 unspecified atom stereocenters. The van der Waals surface area contributed by atoms with E-state index in [0.717, 1.165) is 12.1 Å². The number of para-hydroxylation sites is 1. The lowest BCUT2D eigenvalue weighted by atomic mass is 9.87. The number of nitro groups is 1. The van der Waals surface area contributed by atoms with E-state index in [1.165, 1.54) is 31.2 Å². The molecule has 0 aliphatic heterocycles. The molecule has 0 heterocycles. The summed E-state index contributed by atoms with van der Waals surface area (Å²) in [5.41, 5.74) is -0.207. The first-order chi connectivity index (χ1) is 16.4. The predicted molar refractivity (Wildman–Crippen MR) is 119 cm³/mol. The fourth-order valence-corrected chi connectivity index (χ4v) is 5.04. The van der Waals surface area contributed by atoms with Crippen LogP contribution >= 0.6 is 7.75 Å². The van der Waals surface area contributed by atoms with E-state index in [4.69, 9.17) is 13.8 Å². The normalized spacial score (nSPS) is 20.8. The second-order valence-corrected chi connectivity index (χ2v) is 9.67. The van der Waals surface area contributed by atoms with Crippen LogP contribution in [0.4, 0.5) is 18.9 Å². The number of carbonyl (C=O) groups is 1. The van der Waals surface area contributed by atoms with Gasteiger partial charge in [0.15, 0.2) is 0 Å². The van der Waals surface area contributed by atoms with Crippen LogP contribution in [-0.4, -0.2) is 29.2 Å². The Morgan fingerprint density at radius 1 is 1.03 bits per heavy atom. The molecule has 35 heavy (non-hydrogen) atoms. The summed E-state index contributed by atoms with van der Waals surface area (Å²) in [5, 5.41) is 13.3. The molecule has 0 aromatic heterocycles. The van der Waals surface area contributed by atoms with E-state index in [1.54, 1.807) is 18.2 Å². The number of esters is 1. The van der Waals surface area contributed by atoms with Crippen molar-refractivity contribution in [1.29, 1.82) is 0 Å². The molecule has 1 saturated carbocycles. The molecule has 1 aliphatic carbocycles. The molecule has 0 bridgehead atoms. The molecule has 0 saturated heterocycles. The number of nitro benzene ring substituents is 1. The second kappa shape index (κ2) is 11.1. The maximum atomic E-state index is 13.5. The van der Waals surface area contributed by atoms with Gasteiger partial charge in [-0.15, -0.1) is 0 Å². The van der Waals surface area contributed by atoms with Gasteiger partial charge in [-0.25, -0.2) is 4.57 Å². The van der Waals surface area contributed by atoms with Crippen LogP contribution in [0.3, 0.4) is 0 Å². The van der Waals surface area contributed by atoms with Crippen LogP contribution in [0.25, 0.3) is 0 Å². The third-order valence-corrected chi connectivity index (χ3v) is 6.97. The monoisotopic (exact) mass is 516 g/mol. The average Bonchev–Trinajstić information content (AvgIpc) is 2.79. The van der Waals surface area contributed by atoms with Gasteiger partial charge in [0.25, 0.3) is 5.69 Å². The van der Waals surface area contributed by atoms with Gasteiger partial charge in [0.1, 0.15) is 23.6 Å².